The molecule has 0 atom stereocenters. The SMILES string of the molecule is COc1ccc(-c2ncc(C(=O)NCCNS(=O)(=O)c3ccc(C)cc3)c(C)n2)cc1. The molecule has 3 aromatic rings. The molecule has 162 valence electrons. The van der Waals surface area contributed by atoms with E-state index in [1.807, 2.05) is 31.2 Å². The van der Waals surface area contributed by atoms with Crippen molar-refractivity contribution in [2.24, 2.45) is 0 Å². The minimum absolute atomic E-state index is 0.0613. The van der Waals surface area contributed by atoms with Gasteiger partial charge in [-0.05, 0) is 50.2 Å². The molecule has 2 aromatic carbocycles. The van der Waals surface area contributed by atoms with E-state index >= 15 is 0 Å². The number of hydrogen-bond donors (Lipinski definition) is 2. The summed E-state index contributed by atoms with van der Waals surface area (Å²) in [5.74, 6) is 0.866. The van der Waals surface area contributed by atoms with E-state index in [1.165, 1.54) is 6.20 Å². The van der Waals surface area contributed by atoms with Crippen LogP contribution in [0.3, 0.4) is 0 Å². The normalized spacial score (nSPS) is 11.2. The number of aromatic nitrogens is 2. The summed E-state index contributed by atoms with van der Waals surface area (Å²) in [7, 11) is -2.03. The third-order valence-electron chi connectivity index (χ3n) is 4.61. The van der Waals surface area contributed by atoms with Crippen molar-refractivity contribution in [2.75, 3.05) is 20.2 Å². The summed E-state index contributed by atoms with van der Waals surface area (Å²) in [5.41, 5.74) is 2.64. The Morgan fingerprint density at radius 1 is 1.00 bits per heavy atom. The predicted octanol–water partition coefficient (Wildman–Crippen LogP) is 2.48. The smallest absolute Gasteiger partial charge is 0.254 e. The number of carbonyl (C=O) groups excluding carboxylic acids is 1. The molecule has 9 heteroatoms. The van der Waals surface area contributed by atoms with Crippen molar-refractivity contribution in [3.8, 4) is 17.1 Å². The summed E-state index contributed by atoms with van der Waals surface area (Å²) in [6, 6.07) is 13.9. The van der Waals surface area contributed by atoms with Crippen LogP contribution in [-0.2, 0) is 10.0 Å². The molecule has 1 amide bonds. The lowest BCUT2D eigenvalue weighted by Crippen LogP contribution is -2.35. The van der Waals surface area contributed by atoms with Crippen LogP contribution >= 0.6 is 0 Å². The first-order valence-corrected chi connectivity index (χ1v) is 11.1. The van der Waals surface area contributed by atoms with Gasteiger partial charge in [-0.15, -0.1) is 0 Å². The number of amides is 1. The topological polar surface area (TPSA) is 110 Å². The van der Waals surface area contributed by atoms with E-state index in [0.717, 1.165) is 16.9 Å². The third kappa shape index (κ3) is 5.65. The highest BCUT2D eigenvalue weighted by Gasteiger charge is 2.15. The van der Waals surface area contributed by atoms with Gasteiger partial charge in [-0.25, -0.2) is 23.1 Å². The van der Waals surface area contributed by atoms with Crippen LogP contribution in [0.2, 0.25) is 0 Å². The molecule has 0 spiro atoms. The van der Waals surface area contributed by atoms with E-state index in [1.54, 1.807) is 38.3 Å². The Morgan fingerprint density at radius 2 is 1.68 bits per heavy atom. The number of carbonyl (C=O) groups is 1. The lowest BCUT2D eigenvalue weighted by atomic mass is 10.1. The summed E-state index contributed by atoms with van der Waals surface area (Å²) in [4.78, 5) is 21.3. The lowest BCUT2D eigenvalue weighted by Gasteiger charge is -2.10. The summed E-state index contributed by atoms with van der Waals surface area (Å²) >= 11 is 0. The molecule has 0 radical (unpaired) electrons. The average Bonchev–Trinajstić information content (AvgIpc) is 2.77. The second kappa shape index (κ2) is 9.67. The summed E-state index contributed by atoms with van der Waals surface area (Å²) < 4.78 is 32.2. The van der Waals surface area contributed by atoms with E-state index in [0.29, 0.717) is 17.1 Å². The van der Waals surface area contributed by atoms with Gasteiger partial charge in [-0.1, -0.05) is 17.7 Å². The molecule has 0 fully saturated rings. The Hall–Kier alpha value is -3.30. The largest absolute Gasteiger partial charge is 0.497 e. The molecular weight excluding hydrogens is 416 g/mol. The first-order valence-electron chi connectivity index (χ1n) is 9.63. The first kappa shape index (κ1) is 22.4. The van der Waals surface area contributed by atoms with Crippen LogP contribution < -0.4 is 14.8 Å². The molecule has 0 aliphatic heterocycles. The van der Waals surface area contributed by atoms with Crippen LogP contribution in [0.4, 0.5) is 0 Å². The van der Waals surface area contributed by atoms with Gasteiger partial charge in [0, 0.05) is 24.8 Å². The van der Waals surface area contributed by atoms with E-state index in [9.17, 15) is 13.2 Å². The van der Waals surface area contributed by atoms with Crippen molar-refractivity contribution in [1.82, 2.24) is 20.0 Å². The van der Waals surface area contributed by atoms with Gasteiger partial charge < -0.3 is 10.1 Å². The van der Waals surface area contributed by atoms with E-state index in [-0.39, 0.29) is 23.9 Å². The van der Waals surface area contributed by atoms with Gasteiger partial charge in [0.15, 0.2) is 5.82 Å². The maximum Gasteiger partial charge on any atom is 0.254 e. The number of nitrogens with zero attached hydrogens (tertiary/aromatic N) is 2. The van der Waals surface area contributed by atoms with Crippen LogP contribution in [0.1, 0.15) is 21.6 Å². The van der Waals surface area contributed by atoms with Crippen LogP contribution in [0, 0.1) is 13.8 Å². The molecule has 3 rings (SSSR count). The quantitative estimate of drug-likeness (QED) is 0.521. The highest BCUT2D eigenvalue weighted by molar-refractivity contribution is 7.89. The van der Waals surface area contributed by atoms with Gasteiger partial charge in [0.2, 0.25) is 10.0 Å². The molecule has 0 aliphatic rings. The van der Waals surface area contributed by atoms with Gasteiger partial charge in [-0.3, -0.25) is 4.79 Å². The summed E-state index contributed by atoms with van der Waals surface area (Å²) in [5, 5.41) is 2.68. The van der Waals surface area contributed by atoms with Crippen molar-refractivity contribution < 1.29 is 17.9 Å². The number of nitrogens with one attached hydrogen (secondary N) is 2. The molecule has 2 N–H and O–H groups in total. The van der Waals surface area contributed by atoms with Crippen molar-refractivity contribution in [3.05, 3.63) is 71.5 Å². The monoisotopic (exact) mass is 440 g/mol. The maximum atomic E-state index is 12.4. The number of benzene rings is 2. The van der Waals surface area contributed by atoms with Gasteiger partial charge in [0.1, 0.15) is 5.75 Å². The zero-order chi connectivity index (χ0) is 22.4. The molecule has 31 heavy (non-hydrogen) atoms. The van der Waals surface area contributed by atoms with Gasteiger partial charge >= 0.3 is 0 Å². The second-order valence-corrected chi connectivity index (χ2v) is 8.65. The van der Waals surface area contributed by atoms with E-state index in [4.69, 9.17) is 4.74 Å². The zero-order valence-electron chi connectivity index (χ0n) is 17.5. The minimum atomic E-state index is -3.62. The number of aryl methyl sites for hydroxylation is 2. The van der Waals surface area contributed by atoms with E-state index in [2.05, 4.69) is 20.0 Å². The number of sulfonamides is 1. The number of methoxy groups -OCH3 is 1. The second-order valence-electron chi connectivity index (χ2n) is 6.89. The summed E-state index contributed by atoms with van der Waals surface area (Å²) in [6.45, 7) is 3.80. The number of rotatable bonds is 8. The molecule has 0 unspecified atom stereocenters. The van der Waals surface area contributed by atoms with Crippen molar-refractivity contribution >= 4 is 15.9 Å². The Bertz CT molecular complexity index is 1160. The number of ether oxygens (including phenoxy) is 1. The predicted molar refractivity (Wildman–Crippen MR) is 117 cm³/mol. The third-order valence-corrected chi connectivity index (χ3v) is 6.08. The fourth-order valence-electron chi connectivity index (χ4n) is 2.83. The highest BCUT2D eigenvalue weighted by atomic mass is 32.2. The van der Waals surface area contributed by atoms with Crippen LogP contribution in [0.5, 0.6) is 5.75 Å². The first-order chi connectivity index (χ1) is 14.8. The average molecular weight is 441 g/mol. The molecule has 1 heterocycles. The molecule has 1 aromatic heterocycles. The maximum absolute atomic E-state index is 12.4. The van der Waals surface area contributed by atoms with Gasteiger partial charge in [-0.2, -0.15) is 0 Å². The van der Waals surface area contributed by atoms with Crippen molar-refractivity contribution in [3.63, 3.8) is 0 Å². The Balaban J connectivity index is 1.57. The van der Waals surface area contributed by atoms with Crippen LogP contribution in [0.15, 0.2) is 59.6 Å². The van der Waals surface area contributed by atoms with Crippen LogP contribution in [-0.4, -0.2) is 44.5 Å². The van der Waals surface area contributed by atoms with Crippen molar-refractivity contribution in [1.29, 1.82) is 0 Å². The fraction of sp³-hybridized carbons (Fsp3) is 0.227. The molecule has 0 saturated carbocycles. The standard InChI is InChI=1S/C22H24N4O4S/c1-15-4-10-19(11-5-15)31(28,29)25-13-12-23-22(27)20-14-24-21(26-16(20)2)17-6-8-18(30-3)9-7-17/h4-11,14,25H,12-13H2,1-3H3,(H,23,27). The highest BCUT2D eigenvalue weighted by Crippen LogP contribution is 2.20. The van der Waals surface area contributed by atoms with Crippen LogP contribution in [0.25, 0.3) is 11.4 Å². The molecular formula is C22H24N4O4S. The molecule has 0 saturated heterocycles. The Labute approximate surface area is 181 Å². The molecule has 8 nitrogen and oxygen atoms in total. The lowest BCUT2D eigenvalue weighted by molar-refractivity contribution is 0.0953. The number of hydrogen-bond acceptors (Lipinski definition) is 6. The zero-order valence-corrected chi connectivity index (χ0v) is 18.4. The molecule has 0 bridgehead atoms. The summed E-state index contributed by atoms with van der Waals surface area (Å²) in [6.07, 6.45) is 1.47. The minimum Gasteiger partial charge on any atom is -0.497 e. The Kier molecular flexibility index (Phi) is 6.98. The Morgan fingerprint density at radius 3 is 2.29 bits per heavy atom. The van der Waals surface area contributed by atoms with E-state index < -0.39 is 10.0 Å². The fourth-order valence-corrected chi connectivity index (χ4v) is 3.86. The molecule has 0 aliphatic carbocycles. The van der Waals surface area contributed by atoms with Crippen molar-refractivity contribution in [2.45, 2.75) is 18.7 Å². The van der Waals surface area contributed by atoms with Gasteiger partial charge in [0.05, 0.1) is 23.3 Å². The van der Waals surface area contributed by atoms with Gasteiger partial charge in [0.25, 0.3) is 5.91 Å².